The number of fused-ring (bicyclic) bond motifs is 1. The zero-order chi connectivity index (χ0) is 25.4. The number of hydrogen-bond donors (Lipinski definition) is 2. The summed E-state index contributed by atoms with van der Waals surface area (Å²) in [7, 11) is 3.84. The lowest BCUT2D eigenvalue weighted by atomic mass is 10.1. The van der Waals surface area contributed by atoms with Gasteiger partial charge in [0.2, 0.25) is 5.91 Å². The molecule has 1 unspecified atom stereocenters. The fourth-order valence-corrected chi connectivity index (χ4v) is 4.42. The van der Waals surface area contributed by atoms with E-state index >= 15 is 4.39 Å². The number of rotatable bonds is 7. The number of carbonyl (C=O) groups excluding carboxylic acids is 2. The fraction of sp³-hybridized carbons (Fsp3) is 0.280. The van der Waals surface area contributed by atoms with Gasteiger partial charge in [0.25, 0.3) is 5.91 Å². The van der Waals surface area contributed by atoms with Gasteiger partial charge in [-0.05, 0) is 50.5 Å². The Labute approximate surface area is 206 Å². The smallest absolute Gasteiger partial charge is 0.251 e. The van der Waals surface area contributed by atoms with Gasteiger partial charge >= 0.3 is 0 Å². The van der Waals surface area contributed by atoms with Crippen LogP contribution in [-0.4, -0.2) is 58.6 Å². The normalized spacial score (nSPS) is 15.8. The Bertz CT molecular complexity index is 1440. The summed E-state index contributed by atoms with van der Waals surface area (Å²) in [5.41, 5.74) is 7.54. The van der Waals surface area contributed by atoms with E-state index in [1.807, 2.05) is 19.0 Å². The molecular weight excluding hydrogens is 465 g/mol. The molecule has 5 rings (SSSR count). The number of anilines is 2. The molecule has 3 heterocycles. The van der Waals surface area contributed by atoms with Crippen molar-refractivity contribution in [1.82, 2.24) is 24.9 Å². The number of aromatic nitrogens is 3. The van der Waals surface area contributed by atoms with E-state index in [9.17, 15) is 9.59 Å². The minimum atomic E-state index is -0.446. The van der Waals surface area contributed by atoms with Crippen LogP contribution in [0.2, 0.25) is 0 Å². The largest absolute Gasteiger partial charge is 0.380 e. The van der Waals surface area contributed by atoms with Crippen LogP contribution < -0.4 is 16.0 Å². The second-order valence-corrected chi connectivity index (χ2v) is 9.15. The molecule has 1 saturated heterocycles. The lowest BCUT2D eigenvalue weighted by Gasteiger charge is -2.19. The minimum absolute atomic E-state index is 0.103. The highest BCUT2D eigenvalue weighted by atomic mass is 19.1. The third-order valence-electron chi connectivity index (χ3n) is 6.19. The molecule has 0 saturated carbocycles. The molecule has 10 nitrogen and oxygen atoms in total. The Morgan fingerprint density at radius 3 is 2.89 bits per heavy atom. The molecule has 4 aromatic rings. The number of nitrogens with zero attached hydrogens (tertiary/aromatic N) is 5. The molecule has 0 radical (unpaired) electrons. The van der Waals surface area contributed by atoms with Crippen LogP contribution in [0.1, 0.15) is 22.6 Å². The highest BCUT2D eigenvalue weighted by Crippen LogP contribution is 2.28. The number of halogens is 1. The molecule has 11 heteroatoms. The Morgan fingerprint density at radius 2 is 2.11 bits per heavy atom. The van der Waals surface area contributed by atoms with Crippen molar-refractivity contribution in [3.63, 3.8) is 0 Å². The predicted octanol–water partition coefficient (Wildman–Crippen LogP) is 2.58. The molecule has 2 aromatic heterocycles. The first-order chi connectivity index (χ1) is 17.3. The average molecular weight is 492 g/mol. The van der Waals surface area contributed by atoms with Crippen LogP contribution in [0.4, 0.5) is 15.9 Å². The fourth-order valence-electron chi connectivity index (χ4n) is 4.42. The summed E-state index contributed by atoms with van der Waals surface area (Å²) in [6, 6.07) is 9.64. The third kappa shape index (κ3) is 4.52. The monoisotopic (exact) mass is 491 g/mol. The summed E-state index contributed by atoms with van der Waals surface area (Å²) in [4.78, 5) is 33.2. The molecule has 0 bridgehead atoms. The molecule has 1 fully saturated rings. The maximum atomic E-state index is 15.1. The van der Waals surface area contributed by atoms with Crippen molar-refractivity contribution in [1.29, 1.82) is 0 Å². The van der Waals surface area contributed by atoms with Gasteiger partial charge in [0.15, 0.2) is 11.4 Å². The second-order valence-electron chi connectivity index (χ2n) is 9.15. The summed E-state index contributed by atoms with van der Waals surface area (Å²) in [5, 5.41) is 7.13. The Morgan fingerprint density at radius 1 is 1.28 bits per heavy atom. The van der Waals surface area contributed by atoms with Crippen LogP contribution in [0.3, 0.4) is 0 Å². The van der Waals surface area contributed by atoms with Crippen LogP contribution in [0, 0.1) is 11.7 Å². The van der Waals surface area contributed by atoms with Gasteiger partial charge in [0.1, 0.15) is 11.6 Å². The molecule has 3 N–H and O–H groups in total. The van der Waals surface area contributed by atoms with Crippen molar-refractivity contribution in [3.05, 3.63) is 66.0 Å². The lowest BCUT2D eigenvalue weighted by Crippen LogP contribution is -2.31. The summed E-state index contributed by atoms with van der Waals surface area (Å²) < 4.78 is 21.9. The summed E-state index contributed by atoms with van der Waals surface area (Å²) >= 11 is 0. The average Bonchev–Trinajstić information content (AvgIpc) is 3.56. The van der Waals surface area contributed by atoms with Gasteiger partial charge in [-0.2, -0.15) is 0 Å². The number of amides is 2. The molecule has 0 spiro atoms. The van der Waals surface area contributed by atoms with E-state index < -0.39 is 5.82 Å². The standard InChI is InChI=1S/C25H26FN7O3/c1-31(2)14-22-28-7-8-32(22)20-5-4-17(11-19(20)26)33-13-15(9-23(33)34)12-29-25(35)16-3-6-21-18(10-16)24(27)30-36-21/h3-8,10-11,15H,9,12-14H2,1-2H3,(H2,27,30)(H,29,35). The van der Waals surface area contributed by atoms with Crippen molar-refractivity contribution in [3.8, 4) is 5.69 Å². The Hall–Kier alpha value is -4.25. The number of nitrogen functional groups attached to an aromatic ring is 1. The van der Waals surface area contributed by atoms with E-state index in [4.69, 9.17) is 10.3 Å². The molecule has 1 aliphatic heterocycles. The highest BCUT2D eigenvalue weighted by Gasteiger charge is 2.31. The predicted molar refractivity (Wildman–Crippen MR) is 132 cm³/mol. The number of benzene rings is 2. The topological polar surface area (TPSA) is 123 Å². The molecular formula is C25H26FN7O3. The second kappa shape index (κ2) is 9.42. The van der Waals surface area contributed by atoms with Crippen LogP contribution in [0.5, 0.6) is 0 Å². The SMILES string of the molecule is CN(C)Cc1nccn1-c1ccc(N2CC(CNC(=O)c3ccc4onc(N)c4c3)CC2=O)cc1F. The minimum Gasteiger partial charge on any atom is -0.380 e. The molecule has 2 amide bonds. The first-order valence-electron chi connectivity index (χ1n) is 11.5. The van der Waals surface area contributed by atoms with Gasteiger partial charge in [-0.25, -0.2) is 9.37 Å². The van der Waals surface area contributed by atoms with Gasteiger partial charge in [0.05, 0.1) is 17.6 Å². The first kappa shape index (κ1) is 23.5. The van der Waals surface area contributed by atoms with Gasteiger partial charge in [-0.3, -0.25) is 14.2 Å². The van der Waals surface area contributed by atoms with Crippen molar-refractivity contribution in [2.45, 2.75) is 13.0 Å². The van der Waals surface area contributed by atoms with Gasteiger partial charge in [-0.15, -0.1) is 0 Å². The van der Waals surface area contributed by atoms with Crippen molar-refractivity contribution in [2.75, 3.05) is 37.8 Å². The maximum Gasteiger partial charge on any atom is 0.251 e. The number of nitrogens with one attached hydrogen (secondary N) is 1. The summed E-state index contributed by atoms with van der Waals surface area (Å²) in [6.07, 6.45) is 3.61. The zero-order valence-corrected chi connectivity index (χ0v) is 19.9. The molecule has 186 valence electrons. The van der Waals surface area contributed by atoms with Crippen LogP contribution in [0.15, 0.2) is 53.3 Å². The van der Waals surface area contributed by atoms with E-state index in [2.05, 4.69) is 15.5 Å². The molecule has 2 aromatic carbocycles. The molecule has 1 atom stereocenters. The van der Waals surface area contributed by atoms with Crippen molar-refractivity contribution in [2.24, 2.45) is 5.92 Å². The number of nitrogens with two attached hydrogens (primary N) is 1. The zero-order valence-electron chi connectivity index (χ0n) is 19.9. The Kier molecular flexibility index (Phi) is 6.15. The quantitative estimate of drug-likeness (QED) is 0.407. The number of imidazole rings is 1. The summed E-state index contributed by atoms with van der Waals surface area (Å²) in [6.45, 7) is 1.25. The van der Waals surface area contributed by atoms with Gasteiger partial charge in [0, 0.05) is 49.1 Å². The molecule has 0 aliphatic carbocycles. The molecule has 1 aliphatic rings. The van der Waals surface area contributed by atoms with Crippen molar-refractivity contribution >= 4 is 34.3 Å². The highest BCUT2D eigenvalue weighted by molar-refractivity contribution is 6.00. The van der Waals surface area contributed by atoms with E-state index in [0.29, 0.717) is 53.4 Å². The van der Waals surface area contributed by atoms with Crippen LogP contribution >= 0.6 is 0 Å². The number of hydrogen-bond acceptors (Lipinski definition) is 7. The van der Waals surface area contributed by atoms with Crippen molar-refractivity contribution < 1.29 is 18.5 Å². The van der Waals surface area contributed by atoms with Crippen LogP contribution in [-0.2, 0) is 11.3 Å². The lowest BCUT2D eigenvalue weighted by molar-refractivity contribution is -0.117. The number of carbonyl (C=O) groups is 2. The van der Waals surface area contributed by atoms with E-state index in [-0.39, 0.29) is 30.0 Å². The Balaban J connectivity index is 1.24. The third-order valence-corrected chi connectivity index (χ3v) is 6.19. The van der Waals surface area contributed by atoms with Crippen LogP contribution in [0.25, 0.3) is 16.7 Å². The van der Waals surface area contributed by atoms with E-state index in [1.165, 1.54) is 6.07 Å². The maximum absolute atomic E-state index is 15.1. The molecule has 36 heavy (non-hydrogen) atoms. The van der Waals surface area contributed by atoms with Gasteiger partial charge in [-0.1, -0.05) is 5.16 Å². The van der Waals surface area contributed by atoms with E-state index in [0.717, 1.165) is 0 Å². The summed E-state index contributed by atoms with van der Waals surface area (Å²) in [5.74, 6) is -0.0153. The van der Waals surface area contributed by atoms with Gasteiger partial charge < -0.3 is 25.4 Å². The first-order valence-corrected chi connectivity index (χ1v) is 11.5. The van der Waals surface area contributed by atoms with E-state index in [1.54, 1.807) is 52.2 Å².